The molecule has 1 heterocycles. The summed E-state index contributed by atoms with van der Waals surface area (Å²) in [6.45, 7) is 22.3. The van der Waals surface area contributed by atoms with Crippen molar-refractivity contribution >= 4 is 17.8 Å². The first-order valence-corrected chi connectivity index (χ1v) is 20.1. The molecule has 7 heteroatoms. The van der Waals surface area contributed by atoms with Gasteiger partial charge < -0.3 is 15.2 Å². The van der Waals surface area contributed by atoms with Gasteiger partial charge in [0.05, 0.1) is 28.5 Å². The van der Waals surface area contributed by atoms with Crippen LogP contribution >= 0.6 is 0 Å². The molecule has 6 aliphatic rings. The summed E-state index contributed by atoms with van der Waals surface area (Å²) in [7, 11) is 0. The predicted molar refractivity (Wildman–Crippen MR) is 198 cm³/mol. The van der Waals surface area contributed by atoms with Gasteiger partial charge in [-0.15, -0.1) is 0 Å². The molecule has 51 heavy (non-hydrogen) atoms. The number of aliphatic carboxylic acids is 1. The molecule has 6 fully saturated rings. The number of carboxylic acids is 1. The number of pyridine rings is 1. The molecule has 0 aromatic carbocycles. The second-order valence-electron chi connectivity index (χ2n) is 20.3. The lowest BCUT2D eigenvalue weighted by Crippen LogP contribution is -2.67. The number of hydrogen-bond donors (Lipinski definition) is 2. The molecule has 280 valence electrons. The summed E-state index contributed by atoms with van der Waals surface area (Å²) >= 11 is 0. The van der Waals surface area contributed by atoms with Crippen molar-refractivity contribution in [1.82, 2.24) is 10.3 Å². The number of allylic oxidation sites excluding steroid dienone is 1. The molecule has 0 aliphatic heterocycles. The number of aromatic nitrogens is 1. The molecule has 0 radical (unpaired) electrons. The Labute approximate surface area is 306 Å². The van der Waals surface area contributed by atoms with Gasteiger partial charge in [0.25, 0.3) is 0 Å². The van der Waals surface area contributed by atoms with Crippen LogP contribution in [0.4, 0.5) is 0 Å². The molecule has 0 spiro atoms. The van der Waals surface area contributed by atoms with Crippen LogP contribution < -0.4 is 5.32 Å². The Kier molecular flexibility index (Phi) is 8.55. The minimum Gasteiger partial charge on any atom is -0.481 e. The van der Waals surface area contributed by atoms with Gasteiger partial charge in [0, 0.05) is 11.6 Å². The van der Waals surface area contributed by atoms with Crippen molar-refractivity contribution in [3.05, 3.63) is 42.2 Å². The first kappa shape index (κ1) is 36.6. The molecular weight excluding hydrogens is 636 g/mol. The van der Waals surface area contributed by atoms with Gasteiger partial charge in [-0.3, -0.25) is 19.4 Å². The van der Waals surface area contributed by atoms with E-state index in [0.29, 0.717) is 29.6 Å². The quantitative estimate of drug-likeness (QED) is 0.207. The molecular formula is C44H64N2O5. The van der Waals surface area contributed by atoms with Crippen molar-refractivity contribution in [1.29, 1.82) is 0 Å². The van der Waals surface area contributed by atoms with Crippen LogP contribution in [-0.2, 0) is 24.7 Å². The highest BCUT2D eigenvalue weighted by molar-refractivity contribution is 5.85. The molecule has 7 rings (SSSR count). The third kappa shape index (κ3) is 5.30. The molecule has 6 aliphatic carbocycles. The van der Waals surface area contributed by atoms with Crippen molar-refractivity contribution < 1.29 is 24.2 Å². The lowest BCUT2D eigenvalue weighted by Gasteiger charge is -2.72. The zero-order chi connectivity index (χ0) is 37.0. The summed E-state index contributed by atoms with van der Waals surface area (Å²) in [5.41, 5.74) is 0.578. The van der Waals surface area contributed by atoms with Crippen molar-refractivity contribution in [3.63, 3.8) is 0 Å². The molecule has 2 N–H and O–H groups in total. The zero-order valence-corrected chi connectivity index (χ0v) is 32.7. The van der Waals surface area contributed by atoms with Gasteiger partial charge in [0.1, 0.15) is 6.10 Å². The molecule has 1 aromatic heterocycles. The fourth-order valence-electron chi connectivity index (χ4n) is 13.9. The van der Waals surface area contributed by atoms with E-state index in [1.165, 1.54) is 12.0 Å². The number of rotatable bonds is 8. The molecule has 1 aromatic rings. The van der Waals surface area contributed by atoms with Gasteiger partial charge in [-0.05, 0) is 156 Å². The second kappa shape index (κ2) is 11.9. The van der Waals surface area contributed by atoms with Gasteiger partial charge in [-0.2, -0.15) is 0 Å². The fraction of sp³-hybridized carbons (Fsp3) is 0.773. The van der Waals surface area contributed by atoms with Gasteiger partial charge in [0.2, 0.25) is 5.91 Å². The van der Waals surface area contributed by atoms with E-state index in [1.807, 2.05) is 18.3 Å². The molecule has 6 saturated carbocycles. The van der Waals surface area contributed by atoms with E-state index in [4.69, 9.17) is 4.74 Å². The van der Waals surface area contributed by atoms with Gasteiger partial charge >= 0.3 is 11.9 Å². The normalized spacial score (nSPS) is 41.9. The number of ether oxygens (including phenoxy) is 1. The fourth-order valence-corrected chi connectivity index (χ4v) is 13.9. The Morgan fingerprint density at radius 2 is 1.63 bits per heavy atom. The maximum Gasteiger partial charge on any atom is 0.309 e. The molecule has 5 unspecified atom stereocenters. The molecule has 10 atom stereocenters. The van der Waals surface area contributed by atoms with E-state index in [9.17, 15) is 19.5 Å². The van der Waals surface area contributed by atoms with E-state index in [1.54, 1.807) is 13.8 Å². The third-order valence-electron chi connectivity index (χ3n) is 17.2. The van der Waals surface area contributed by atoms with Crippen molar-refractivity contribution in [2.45, 2.75) is 151 Å². The number of carboxylic acid groups (broad SMARTS) is 1. The standard InChI is InChI=1S/C44H64N2O5/c1-27(2)28-15-20-43(36(48)46-44(23-24-44)32-12-10-11-25-45-32)22-21-41(8)29(35(28)43)13-14-31-40(7)18-17-33(51-34(47)26-38(3,4)37(49)50)39(5,6)30(40)16-19-42(31,41)9/h10-12,25,28-31,33,35H,1,13-24,26H2,2-9H3,(H,46,48)(H,49,50)/t28?,29?,30?,31?,33-,35?,40-,41+,42+,43-/m0/s1. The summed E-state index contributed by atoms with van der Waals surface area (Å²) in [6, 6.07) is 6.06. The number of fused-ring (bicyclic) bond motifs is 7. The lowest BCUT2D eigenvalue weighted by molar-refractivity contribution is -0.249. The van der Waals surface area contributed by atoms with E-state index < -0.39 is 17.4 Å². The summed E-state index contributed by atoms with van der Waals surface area (Å²) < 4.78 is 6.18. The van der Waals surface area contributed by atoms with Crippen LogP contribution in [0.1, 0.15) is 145 Å². The topological polar surface area (TPSA) is 106 Å². The second-order valence-corrected chi connectivity index (χ2v) is 20.3. The number of hydrogen-bond acceptors (Lipinski definition) is 5. The largest absolute Gasteiger partial charge is 0.481 e. The van der Waals surface area contributed by atoms with Crippen LogP contribution in [0.25, 0.3) is 0 Å². The highest BCUT2D eigenvalue weighted by Crippen LogP contribution is 2.77. The Bertz CT molecular complexity index is 1600. The van der Waals surface area contributed by atoms with Crippen LogP contribution in [0, 0.1) is 62.1 Å². The first-order chi connectivity index (χ1) is 23.8. The third-order valence-corrected chi connectivity index (χ3v) is 17.2. The molecule has 7 nitrogen and oxygen atoms in total. The minimum absolute atomic E-state index is 0.115. The van der Waals surface area contributed by atoms with Crippen molar-refractivity contribution in [2.75, 3.05) is 0 Å². The Balaban J connectivity index is 1.15. The van der Waals surface area contributed by atoms with E-state index in [0.717, 1.165) is 76.3 Å². The van der Waals surface area contributed by atoms with Crippen LogP contribution in [0.2, 0.25) is 0 Å². The number of amides is 1. The summed E-state index contributed by atoms with van der Waals surface area (Å²) in [4.78, 5) is 44.4. The Hall–Kier alpha value is -2.70. The van der Waals surface area contributed by atoms with Gasteiger partial charge in [-0.1, -0.05) is 52.8 Å². The summed E-state index contributed by atoms with van der Waals surface area (Å²) in [5, 5.41) is 13.3. The zero-order valence-electron chi connectivity index (χ0n) is 32.7. The maximum absolute atomic E-state index is 14.8. The number of nitrogens with zero attached hydrogens (tertiary/aromatic N) is 1. The van der Waals surface area contributed by atoms with Crippen molar-refractivity contribution in [3.8, 4) is 0 Å². The smallest absolute Gasteiger partial charge is 0.309 e. The van der Waals surface area contributed by atoms with E-state index in [2.05, 4.69) is 64.5 Å². The monoisotopic (exact) mass is 700 g/mol. The SMILES string of the molecule is C=C(C)C1CC[C@]2(C(=O)NC3(c4ccccn4)CC3)CC[C@]3(C)C(CCC4[C@@]5(C)CC[C@H](OC(=O)CC(C)(C)C(=O)O)C(C)(C)C5CC[C@]43C)C12. The van der Waals surface area contributed by atoms with Crippen LogP contribution in [0.3, 0.4) is 0 Å². The van der Waals surface area contributed by atoms with E-state index >= 15 is 0 Å². The summed E-state index contributed by atoms with van der Waals surface area (Å²) in [6.07, 6.45) is 13.8. The highest BCUT2D eigenvalue weighted by atomic mass is 16.5. The lowest BCUT2D eigenvalue weighted by atomic mass is 9.32. The number of nitrogens with one attached hydrogen (secondary N) is 1. The molecule has 0 bridgehead atoms. The number of esters is 1. The van der Waals surface area contributed by atoms with Gasteiger partial charge in [-0.25, -0.2) is 0 Å². The van der Waals surface area contributed by atoms with Gasteiger partial charge in [0.15, 0.2) is 0 Å². The van der Waals surface area contributed by atoms with Crippen LogP contribution in [0.15, 0.2) is 36.5 Å². The minimum atomic E-state index is -1.15. The van der Waals surface area contributed by atoms with Crippen LogP contribution in [0.5, 0.6) is 0 Å². The highest BCUT2D eigenvalue weighted by Gasteiger charge is 2.72. The predicted octanol–water partition coefficient (Wildman–Crippen LogP) is 9.26. The number of carbonyl (C=O) groups excluding carboxylic acids is 2. The maximum atomic E-state index is 14.8. The molecule has 1 amide bonds. The Morgan fingerprint density at radius 3 is 2.25 bits per heavy atom. The molecule has 0 saturated heterocycles. The number of carbonyl (C=O) groups is 3. The average Bonchev–Trinajstić information content (AvgIpc) is 3.72. The average molecular weight is 701 g/mol. The first-order valence-electron chi connectivity index (χ1n) is 20.1. The van der Waals surface area contributed by atoms with Crippen LogP contribution in [-0.4, -0.2) is 34.0 Å². The van der Waals surface area contributed by atoms with Crippen molar-refractivity contribution in [2.24, 2.45) is 62.1 Å². The Morgan fingerprint density at radius 1 is 0.902 bits per heavy atom. The van der Waals surface area contributed by atoms with E-state index in [-0.39, 0.29) is 51.0 Å². The summed E-state index contributed by atoms with van der Waals surface area (Å²) in [5.74, 6) is 0.994.